The largest absolute Gasteiger partial charge is 0.507 e. The molecule has 3 fully saturated rings. The number of likely N-dealkylation sites (tertiary alicyclic amines) is 2. The molecule has 0 aliphatic carbocycles. The summed E-state index contributed by atoms with van der Waals surface area (Å²) in [5.74, 6) is 7.16. The molecule has 0 amide bonds. The molecule has 0 spiro atoms. The minimum atomic E-state index is -2.87. The van der Waals surface area contributed by atoms with Crippen molar-refractivity contribution in [2.45, 2.75) is 44.4 Å². The number of phenols is 1. The van der Waals surface area contributed by atoms with Gasteiger partial charge in [0.1, 0.15) is 5.75 Å². The van der Waals surface area contributed by atoms with Gasteiger partial charge in [-0.1, -0.05) is 11.8 Å². The van der Waals surface area contributed by atoms with Crippen LogP contribution >= 0.6 is 22.6 Å². The number of halogens is 1. The summed E-state index contributed by atoms with van der Waals surface area (Å²) >= 11 is 2.16. The van der Waals surface area contributed by atoms with E-state index in [1.807, 2.05) is 12.1 Å². The maximum atomic E-state index is 11.6. The van der Waals surface area contributed by atoms with Crippen LogP contribution in [-0.4, -0.2) is 103 Å². The summed E-state index contributed by atoms with van der Waals surface area (Å²) in [4.78, 5) is 7.03. The van der Waals surface area contributed by atoms with E-state index >= 15 is 0 Å². The minimum Gasteiger partial charge on any atom is -0.507 e. The predicted octanol–water partition coefficient (Wildman–Crippen LogP) is 1.50. The third-order valence-electron chi connectivity index (χ3n) is 7.08. The summed E-state index contributed by atoms with van der Waals surface area (Å²) in [6.07, 6.45) is 3.89. The summed E-state index contributed by atoms with van der Waals surface area (Å²) in [6.45, 7) is 6.38. The first-order chi connectivity index (χ1) is 15.8. The van der Waals surface area contributed by atoms with Crippen LogP contribution in [0.2, 0.25) is 0 Å². The summed E-state index contributed by atoms with van der Waals surface area (Å²) in [5, 5.41) is 20.4. The first-order valence-electron chi connectivity index (χ1n) is 11.9. The second-order valence-electron chi connectivity index (χ2n) is 9.47. The Morgan fingerprint density at radius 1 is 0.970 bits per heavy atom. The molecule has 0 bridgehead atoms. The van der Waals surface area contributed by atoms with Crippen LogP contribution < -0.4 is 0 Å². The van der Waals surface area contributed by atoms with Crippen LogP contribution in [-0.2, 0) is 16.4 Å². The van der Waals surface area contributed by atoms with Gasteiger partial charge in [-0.15, -0.1) is 0 Å². The van der Waals surface area contributed by atoms with Gasteiger partial charge in [-0.3, -0.25) is 9.80 Å². The zero-order valence-electron chi connectivity index (χ0n) is 19.0. The lowest BCUT2D eigenvalue weighted by molar-refractivity contribution is 0.0375. The third kappa shape index (κ3) is 7.05. The Hall–Kier alpha value is -0.900. The molecule has 0 atom stereocenters. The van der Waals surface area contributed by atoms with E-state index < -0.39 is 9.84 Å². The fraction of sp³-hybridized carbons (Fsp3) is 0.667. The number of aromatic hydroxyl groups is 1. The monoisotopic (exact) mass is 587 g/mol. The second-order valence-corrected chi connectivity index (χ2v) is 12.9. The first-order valence-corrected chi connectivity index (χ1v) is 14.8. The summed E-state index contributed by atoms with van der Waals surface area (Å²) < 4.78 is 23.9. The molecule has 182 valence electrons. The fourth-order valence-corrected chi connectivity index (χ4v) is 6.90. The molecule has 0 aromatic heterocycles. The van der Waals surface area contributed by atoms with Gasteiger partial charge in [0, 0.05) is 49.9 Å². The van der Waals surface area contributed by atoms with Crippen molar-refractivity contribution in [1.29, 1.82) is 0 Å². The normalized spacial score (nSPS) is 23.8. The Labute approximate surface area is 211 Å². The van der Waals surface area contributed by atoms with E-state index in [2.05, 4.69) is 49.1 Å². The van der Waals surface area contributed by atoms with Gasteiger partial charge < -0.3 is 15.1 Å². The molecule has 3 aliphatic heterocycles. The van der Waals surface area contributed by atoms with E-state index in [0.717, 1.165) is 66.6 Å². The van der Waals surface area contributed by atoms with Crippen molar-refractivity contribution in [3.63, 3.8) is 0 Å². The molecule has 2 N–H and O–H groups in total. The van der Waals surface area contributed by atoms with Crippen molar-refractivity contribution in [3.8, 4) is 17.6 Å². The van der Waals surface area contributed by atoms with E-state index in [-0.39, 0.29) is 17.6 Å². The van der Waals surface area contributed by atoms with Gasteiger partial charge in [0.25, 0.3) is 0 Å². The highest BCUT2D eigenvalue weighted by Crippen LogP contribution is 2.29. The summed E-state index contributed by atoms with van der Waals surface area (Å²) in [6, 6.07) is 4.50. The second kappa shape index (κ2) is 11.2. The molecule has 1 aromatic rings. The van der Waals surface area contributed by atoms with Crippen molar-refractivity contribution in [3.05, 3.63) is 26.8 Å². The van der Waals surface area contributed by atoms with E-state index in [1.54, 1.807) is 0 Å². The number of aliphatic hydroxyl groups is 1. The van der Waals surface area contributed by atoms with Crippen LogP contribution in [0, 0.1) is 15.4 Å². The van der Waals surface area contributed by atoms with Crippen LogP contribution in [0.15, 0.2) is 12.1 Å². The molecule has 0 unspecified atom stereocenters. The highest BCUT2D eigenvalue weighted by molar-refractivity contribution is 14.1. The van der Waals surface area contributed by atoms with Crippen molar-refractivity contribution in [2.75, 3.05) is 57.3 Å². The van der Waals surface area contributed by atoms with E-state index in [4.69, 9.17) is 0 Å². The van der Waals surface area contributed by atoms with Crippen LogP contribution in [0.5, 0.6) is 5.75 Å². The molecule has 3 saturated heterocycles. The number of rotatable bonds is 4. The average molecular weight is 588 g/mol. The SMILES string of the molecule is O=S1(=O)CCN(CC#Cc2cc(I)c(O)c(CN3CCC(N4CCC(O)CC4)CC3)c2)CC1. The van der Waals surface area contributed by atoms with Gasteiger partial charge >= 0.3 is 0 Å². The molecule has 7 nitrogen and oxygen atoms in total. The van der Waals surface area contributed by atoms with E-state index in [1.165, 1.54) is 0 Å². The molecule has 9 heteroatoms. The lowest BCUT2D eigenvalue weighted by Crippen LogP contribution is -2.48. The van der Waals surface area contributed by atoms with Gasteiger partial charge in [0.15, 0.2) is 9.84 Å². The molecule has 3 heterocycles. The lowest BCUT2D eigenvalue weighted by Gasteiger charge is -2.41. The van der Waals surface area contributed by atoms with E-state index in [9.17, 15) is 18.6 Å². The van der Waals surface area contributed by atoms with Crippen LogP contribution in [0.25, 0.3) is 0 Å². The highest BCUT2D eigenvalue weighted by Gasteiger charge is 2.28. The number of benzene rings is 1. The van der Waals surface area contributed by atoms with Crippen LogP contribution in [0.4, 0.5) is 0 Å². The zero-order chi connectivity index (χ0) is 23.4. The van der Waals surface area contributed by atoms with Gasteiger partial charge in [0.05, 0.1) is 27.7 Å². The number of phenolic OH excluding ortho intramolecular Hbond substituents is 1. The number of piperidine rings is 2. The number of nitrogens with zero attached hydrogens (tertiary/aromatic N) is 3. The molecular formula is C24H34IN3O4S. The number of hydrogen-bond acceptors (Lipinski definition) is 7. The smallest absolute Gasteiger partial charge is 0.152 e. The van der Waals surface area contributed by atoms with Gasteiger partial charge in [0.2, 0.25) is 0 Å². The van der Waals surface area contributed by atoms with Crippen molar-refractivity contribution >= 4 is 32.4 Å². The van der Waals surface area contributed by atoms with Gasteiger partial charge in [-0.25, -0.2) is 8.42 Å². The Morgan fingerprint density at radius 2 is 1.64 bits per heavy atom. The van der Waals surface area contributed by atoms with Crippen molar-refractivity contribution in [1.82, 2.24) is 14.7 Å². The maximum Gasteiger partial charge on any atom is 0.152 e. The van der Waals surface area contributed by atoms with Gasteiger partial charge in [-0.05, 0) is 73.5 Å². The topological polar surface area (TPSA) is 84.3 Å². The predicted molar refractivity (Wildman–Crippen MR) is 138 cm³/mol. The Morgan fingerprint density at radius 3 is 2.30 bits per heavy atom. The highest BCUT2D eigenvalue weighted by atomic mass is 127. The minimum absolute atomic E-state index is 0.127. The number of hydrogen-bond donors (Lipinski definition) is 2. The standard InChI is InChI=1S/C24H34IN3O4S/c25-23-17-19(2-1-7-26-12-14-33(31,32)15-13-26)16-20(24(23)30)18-27-8-3-21(4-9-27)28-10-5-22(29)6-11-28/h16-17,21-22,29-30H,3-15,18H2. The molecule has 1 aromatic carbocycles. The fourth-order valence-electron chi connectivity index (χ4n) is 4.94. The van der Waals surface area contributed by atoms with Crippen molar-refractivity contribution in [2.24, 2.45) is 0 Å². The Bertz CT molecular complexity index is 977. The average Bonchev–Trinajstić information content (AvgIpc) is 2.79. The Balaban J connectivity index is 1.31. The third-order valence-corrected chi connectivity index (χ3v) is 9.51. The summed E-state index contributed by atoms with van der Waals surface area (Å²) in [5.41, 5.74) is 1.80. The molecule has 33 heavy (non-hydrogen) atoms. The lowest BCUT2D eigenvalue weighted by atomic mass is 9.98. The number of sulfone groups is 1. The zero-order valence-corrected chi connectivity index (χ0v) is 22.0. The van der Waals surface area contributed by atoms with Crippen molar-refractivity contribution < 1.29 is 18.6 Å². The molecular weight excluding hydrogens is 553 g/mol. The molecule has 0 radical (unpaired) electrons. The number of aliphatic hydroxyl groups excluding tert-OH is 1. The molecule has 0 saturated carbocycles. The van der Waals surface area contributed by atoms with Gasteiger partial charge in [-0.2, -0.15) is 0 Å². The molecule has 4 rings (SSSR count). The maximum absolute atomic E-state index is 11.6. The van der Waals surface area contributed by atoms with Crippen LogP contribution in [0.1, 0.15) is 36.8 Å². The quantitative estimate of drug-likeness (QED) is 0.408. The molecule has 3 aliphatic rings. The first kappa shape index (κ1) is 25.2. The van der Waals surface area contributed by atoms with Crippen LogP contribution in [0.3, 0.4) is 0 Å². The van der Waals surface area contributed by atoms with E-state index in [0.29, 0.717) is 38.0 Å². The summed E-state index contributed by atoms with van der Waals surface area (Å²) in [7, 11) is -2.87. The Kier molecular flexibility index (Phi) is 8.57.